The first kappa shape index (κ1) is 28.8. The average Bonchev–Trinajstić information content (AvgIpc) is 3.01. The Labute approximate surface area is 241 Å². The molecule has 0 fully saturated rings. The summed E-state index contributed by atoms with van der Waals surface area (Å²) in [6.45, 7) is 4.01. The summed E-state index contributed by atoms with van der Waals surface area (Å²) in [5.74, 6) is -0.256. The monoisotopic (exact) mass is 569 g/mol. The smallest absolute Gasteiger partial charge is 0.324 e. The zero-order valence-electron chi connectivity index (χ0n) is 23.3. The number of para-hydroxylation sites is 1. The summed E-state index contributed by atoms with van der Waals surface area (Å²) in [5.41, 5.74) is 1.67. The minimum absolute atomic E-state index is 0.0961. The Bertz CT molecular complexity index is 1760. The van der Waals surface area contributed by atoms with Crippen molar-refractivity contribution in [3.63, 3.8) is 0 Å². The van der Waals surface area contributed by atoms with E-state index in [1.807, 2.05) is 68.4 Å². The van der Waals surface area contributed by atoms with Gasteiger partial charge in [-0.15, -0.1) is 0 Å². The number of fused-ring (bicyclic) bond motifs is 1. The Morgan fingerprint density at radius 3 is 2.21 bits per heavy atom. The second kappa shape index (κ2) is 12.0. The van der Waals surface area contributed by atoms with Crippen molar-refractivity contribution in [2.24, 2.45) is 0 Å². The van der Waals surface area contributed by atoms with E-state index in [1.54, 1.807) is 24.3 Å². The van der Waals surface area contributed by atoms with Gasteiger partial charge in [0.1, 0.15) is 5.82 Å². The lowest BCUT2D eigenvalue weighted by molar-refractivity contribution is -0.137. The predicted octanol–water partition coefficient (Wildman–Crippen LogP) is 7.76. The molecule has 0 saturated carbocycles. The summed E-state index contributed by atoms with van der Waals surface area (Å²) >= 11 is 0. The average molecular weight is 570 g/mol. The van der Waals surface area contributed by atoms with Gasteiger partial charge in [0.25, 0.3) is 11.5 Å². The van der Waals surface area contributed by atoms with Gasteiger partial charge in [0.2, 0.25) is 0 Å². The molecule has 1 amide bonds. The summed E-state index contributed by atoms with van der Waals surface area (Å²) in [5, 5.41) is 0.425. The Morgan fingerprint density at radius 1 is 0.857 bits per heavy atom. The molecule has 42 heavy (non-hydrogen) atoms. The molecule has 5 aromatic rings. The SMILES string of the molecule is CCc1ccc(-n2c(C(CC)N(Cc3ccccc3)C(=O)c3cccc(C(F)(F)F)c3)nc3ccccc3c2=O)cc1. The van der Waals surface area contributed by atoms with Crippen molar-refractivity contribution in [3.05, 3.63) is 142 Å². The Hall–Kier alpha value is -4.72. The van der Waals surface area contributed by atoms with E-state index >= 15 is 0 Å². The maximum atomic E-state index is 14.1. The van der Waals surface area contributed by atoms with Crippen LogP contribution in [0.5, 0.6) is 0 Å². The number of nitrogens with zero attached hydrogens (tertiary/aromatic N) is 3. The second-order valence-electron chi connectivity index (χ2n) is 10.1. The summed E-state index contributed by atoms with van der Waals surface area (Å²) in [4.78, 5) is 34.5. The molecule has 0 aliphatic carbocycles. The number of alkyl halides is 3. The number of carbonyl (C=O) groups is 1. The Balaban J connectivity index is 1.72. The van der Waals surface area contributed by atoms with Crippen molar-refractivity contribution in [2.75, 3.05) is 0 Å². The van der Waals surface area contributed by atoms with Crippen LogP contribution >= 0.6 is 0 Å². The maximum Gasteiger partial charge on any atom is 0.416 e. The van der Waals surface area contributed by atoms with E-state index in [4.69, 9.17) is 4.98 Å². The zero-order valence-corrected chi connectivity index (χ0v) is 23.3. The Morgan fingerprint density at radius 2 is 1.55 bits per heavy atom. The summed E-state index contributed by atoms with van der Waals surface area (Å²) in [6, 6.07) is 27.5. The van der Waals surface area contributed by atoms with Crippen LogP contribution in [0.15, 0.2) is 108 Å². The van der Waals surface area contributed by atoms with Crippen molar-refractivity contribution in [2.45, 2.75) is 45.5 Å². The largest absolute Gasteiger partial charge is 0.416 e. The molecular weight excluding hydrogens is 539 g/mol. The molecule has 0 radical (unpaired) electrons. The number of hydrogen-bond donors (Lipinski definition) is 0. The quantitative estimate of drug-likeness (QED) is 0.192. The van der Waals surface area contributed by atoms with Gasteiger partial charge < -0.3 is 4.90 Å². The molecular formula is C34H30F3N3O2. The summed E-state index contributed by atoms with van der Waals surface area (Å²) in [6.07, 6.45) is -3.42. The number of amides is 1. The van der Waals surface area contributed by atoms with Crippen LogP contribution in [-0.4, -0.2) is 20.4 Å². The van der Waals surface area contributed by atoms with Crippen LogP contribution in [0.25, 0.3) is 16.6 Å². The third-order valence-corrected chi connectivity index (χ3v) is 7.36. The van der Waals surface area contributed by atoms with Crippen molar-refractivity contribution >= 4 is 16.8 Å². The lowest BCUT2D eigenvalue weighted by atomic mass is 10.0. The number of hydrogen-bond acceptors (Lipinski definition) is 3. The van der Waals surface area contributed by atoms with Gasteiger partial charge in [-0.2, -0.15) is 13.2 Å². The van der Waals surface area contributed by atoms with Gasteiger partial charge in [0, 0.05) is 12.1 Å². The maximum absolute atomic E-state index is 14.1. The highest BCUT2D eigenvalue weighted by Crippen LogP contribution is 2.32. The molecule has 0 aliphatic rings. The normalized spacial score (nSPS) is 12.3. The van der Waals surface area contributed by atoms with Crippen LogP contribution in [0.4, 0.5) is 13.2 Å². The van der Waals surface area contributed by atoms with Crippen LogP contribution < -0.4 is 5.56 Å². The van der Waals surface area contributed by atoms with E-state index in [0.717, 1.165) is 29.7 Å². The van der Waals surface area contributed by atoms with E-state index in [1.165, 1.54) is 21.6 Å². The number of carbonyl (C=O) groups excluding carboxylic acids is 1. The number of benzene rings is 4. The molecule has 0 N–H and O–H groups in total. The molecule has 1 heterocycles. The van der Waals surface area contributed by atoms with Crippen molar-refractivity contribution in [3.8, 4) is 5.69 Å². The molecule has 5 nitrogen and oxygen atoms in total. The van der Waals surface area contributed by atoms with E-state index in [9.17, 15) is 22.8 Å². The number of aryl methyl sites for hydroxylation is 1. The first-order valence-corrected chi connectivity index (χ1v) is 13.8. The fourth-order valence-corrected chi connectivity index (χ4v) is 5.14. The minimum Gasteiger partial charge on any atom is -0.324 e. The number of aromatic nitrogens is 2. The fraction of sp³-hybridized carbons (Fsp3) is 0.206. The molecule has 214 valence electrons. The summed E-state index contributed by atoms with van der Waals surface area (Å²) in [7, 11) is 0. The fourth-order valence-electron chi connectivity index (χ4n) is 5.14. The van der Waals surface area contributed by atoms with E-state index < -0.39 is 23.7 Å². The minimum atomic E-state index is -4.60. The lowest BCUT2D eigenvalue weighted by Gasteiger charge is -2.33. The highest BCUT2D eigenvalue weighted by atomic mass is 19.4. The molecule has 0 saturated heterocycles. The predicted molar refractivity (Wildman–Crippen MR) is 158 cm³/mol. The van der Waals surface area contributed by atoms with Gasteiger partial charge >= 0.3 is 6.18 Å². The van der Waals surface area contributed by atoms with Crippen LogP contribution in [0.1, 0.15) is 59.2 Å². The van der Waals surface area contributed by atoms with Gasteiger partial charge in [-0.25, -0.2) is 4.98 Å². The van der Waals surface area contributed by atoms with E-state index in [0.29, 0.717) is 28.8 Å². The molecule has 0 aliphatic heterocycles. The standard InChI is InChI=1S/C34H30F3N3O2/c1-3-23-17-19-27(20-18-23)40-31(38-29-16-9-8-15-28(29)33(40)42)30(4-2)39(22-24-11-6-5-7-12-24)32(41)25-13-10-14-26(21-25)34(35,36)37/h5-21,30H,3-4,22H2,1-2H3. The molecule has 0 spiro atoms. The van der Waals surface area contributed by atoms with Crippen LogP contribution in [0.2, 0.25) is 0 Å². The van der Waals surface area contributed by atoms with Gasteiger partial charge in [-0.05, 0) is 66.4 Å². The molecule has 4 aromatic carbocycles. The van der Waals surface area contributed by atoms with Crippen LogP contribution in [0.3, 0.4) is 0 Å². The van der Waals surface area contributed by atoms with Crippen molar-refractivity contribution < 1.29 is 18.0 Å². The highest BCUT2D eigenvalue weighted by molar-refractivity contribution is 5.94. The number of halogens is 3. The van der Waals surface area contributed by atoms with Gasteiger partial charge in [-0.1, -0.05) is 74.5 Å². The van der Waals surface area contributed by atoms with Crippen LogP contribution in [0, 0.1) is 0 Å². The van der Waals surface area contributed by atoms with E-state index in [-0.39, 0.29) is 17.7 Å². The van der Waals surface area contributed by atoms with Crippen molar-refractivity contribution in [1.82, 2.24) is 14.5 Å². The Kier molecular flexibility index (Phi) is 8.24. The van der Waals surface area contributed by atoms with Gasteiger partial charge in [-0.3, -0.25) is 14.2 Å². The first-order valence-electron chi connectivity index (χ1n) is 13.8. The second-order valence-corrected chi connectivity index (χ2v) is 10.1. The molecule has 1 unspecified atom stereocenters. The zero-order chi connectivity index (χ0) is 29.9. The molecule has 5 rings (SSSR count). The lowest BCUT2D eigenvalue weighted by Crippen LogP contribution is -2.38. The topological polar surface area (TPSA) is 55.2 Å². The summed E-state index contributed by atoms with van der Waals surface area (Å²) < 4.78 is 42.3. The molecule has 8 heteroatoms. The highest BCUT2D eigenvalue weighted by Gasteiger charge is 2.33. The van der Waals surface area contributed by atoms with E-state index in [2.05, 4.69) is 0 Å². The van der Waals surface area contributed by atoms with Gasteiger partial charge in [0.15, 0.2) is 0 Å². The van der Waals surface area contributed by atoms with Crippen LogP contribution in [-0.2, 0) is 19.1 Å². The van der Waals surface area contributed by atoms with Crippen molar-refractivity contribution in [1.29, 1.82) is 0 Å². The third kappa shape index (κ3) is 5.84. The molecule has 1 aromatic heterocycles. The first-order chi connectivity index (χ1) is 20.2. The van der Waals surface area contributed by atoms with Gasteiger partial charge in [0.05, 0.1) is 28.2 Å². The molecule has 1 atom stereocenters. The number of rotatable bonds is 8. The third-order valence-electron chi connectivity index (χ3n) is 7.36. The molecule has 0 bridgehead atoms.